The third-order valence-corrected chi connectivity index (χ3v) is 4.94. The number of hydrogen-bond acceptors (Lipinski definition) is 4. The minimum atomic E-state index is -0.606. The van der Waals surface area contributed by atoms with Crippen molar-refractivity contribution < 1.29 is 19.1 Å². The highest BCUT2D eigenvalue weighted by atomic mass is 16.5. The molecule has 1 N–H and O–H groups in total. The van der Waals surface area contributed by atoms with Crippen LogP contribution in [0.2, 0.25) is 0 Å². The Hall–Kier alpha value is -3.80. The van der Waals surface area contributed by atoms with E-state index in [9.17, 15) is 9.59 Å². The molecule has 0 radical (unpaired) electrons. The molecule has 0 saturated heterocycles. The van der Waals surface area contributed by atoms with Crippen LogP contribution in [0, 0.1) is 0 Å². The van der Waals surface area contributed by atoms with Gasteiger partial charge in [-0.15, -0.1) is 0 Å². The van der Waals surface area contributed by atoms with Gasteiger partial charge in [-0.1, -0.05) is 36.4 Å². The average Bonchev–Trinajstić information content (AvgIpc) is 2.77. The number of carbonyl (C=O) groups excluding carboxylic acids is 2. The summed E-state index contributed by atoms with van der Waals surface area (Å²) in [6.07, 6.45) is -0.606. The van der Waals surface area contributed by atoms with Crippen LogP contribution in [-0.4, -0.2) is 25.0 Å². The van der Waals surface area contributed by atoms with E-state index < -0.39 is 6.10 Å². The van der Waals surface area contributed by atoms with Crippen LogP contribution in [-0.2, 0) is 11.3 Å². The van der Waals surface area contributed by atoms with Gasteiger partial charge in [-0.05, 0) is 42.8 Å². The smallest absolute Gasteiger partial charge is 0.268 e. The van der Waals surface area contributed by atoms with E-state index in [2.05, 4.69) is 5.32 Å². The summed E-state index contributed by atoms with van der Waals surface area (Å²) < 4.78 is 11.0. The van der Waals surface area contributed by atoms with Crippen molar-refractivity contribution in [3.8, 4) is 11.5 Å². The van der Waals surface area contributed by atoms with E-state index in [1.807, 2.05) is 30.3 Å². The minimum absolute atomic E-state index is 0.0977. The van der Waals surface area contributed by atoms with Crippen LogP contribution < -0.4 is 19.7 Å². The Balaban J connectivity index is 1.58. The number of benzene rings is 3. The van der Waals surface area contributed by atoms with Gasteiger partial charge in [0.15, 0.2) is 6.10 Å². The summed E-state index contributed by atoms with van der Waals surface area (Å²) in [5, 5.41) is 2.87. The lowest BCUT2D eigenvalue weighted by atomic mass is 10.1. The zero-order chi connectivity index (χ0) is 21.1. The maximum atomic E-state index is 12.7. The van der Waals surface area contributed by atoms with Crippen molar-refractivity contribution in [1.82, 2.24) is 0 Å². The van der Waals surface area contributed by atoms with Crippen LogP contribution in [0.1, 0.15) is 22.8 Å². The molecule has 0 fully saturated rings. The van der Waals surface area contributed by atoms with Gasteiger partial charge in [-0.3, -0.25) is 9.59 Å². The third-order valence-electron chi connectivity index (χ3n) is 4.94. The highest BCUT2D eigenvalue weighted by Gasteiger charge is 2.31. The molecule has 1 aliphatic heterocycles. The predicted octanol–water partition coefficient (Wildman–Crippen LogP) is 4.26. The van der Waals surface area contributed by atoms with Gasteiger partial charge < -0.3 is 19.7 Å². The molecule has 152 valence electrons. The molecule has 4 rings (SSSR count). The average molecular weight is 402 g/mol. The lowest BCUT2D eigenvalue weighted by Crippen LogP contribution is -2.44. The molecule has 1 atom stereocenters. The second kappa shape index (κ2) is 8.29. The molecule has 3 aromatic rings. The maximum Gasteiger partial charge on any atom is 0.268 e. The summed E-state index contributed by atoms with van der Waals surface area (Å²) in [5.74, 6) is 0.816. The van der Waals surface area contributed by atoms with Crippen LogP contribution in [0.4, 0.5) is 11.4 Å². The first-order valence-electron chi connectivity index (χ1n) is 9.66. The van der Waals surface area contributed by atoms with Crippen molar-refractivity contribution in [2.45, 2.75) is 19.6 Å². The van der Waals surface area contributed by atoms with E-state index in [-0.39, 0.29) is 11.8 Å². The molecule has 0 spiro atoms. The molecule has 6 nitrogen and oxygen atoms in total. The van der Waals surface area contributed by atoms with E-state index in [0.717, 1.165) is 5.56 Å². The Bertz CT molecular complexity index is 1080. The van der Waals surface area contributed by atoms with Crippen molar-refractivity contribution in [2.75, 3.05) is 17.3 Å². The van der Waals surface area contributed by atoms with Crippen molar-refractivity contribution >= 4 is 23.2 Å². The summed E-state index contributed by atoms with van der Waals surface area (Å²) in [5.41, 5.74) is 2.78. The second-order valence-corrected chi connectivity index (χ2v) is 7.04. The maximum absolute atomic E-state index is 12.7. The largest absolute Gasteiger partial charge is 0.497 e. The molecule has 2 amide bonds. The van der Waals surface area contributed by atoms with E-state index in [1.165, 1.54) is 0 Å². The molecule has 0 aromatic heterocycles. The highest BCUT2D eigenvalue weighted by molar-refractivity contribution is 6.05. The summed E-state index contributed by atoms with van der Waals surface area (Å²) in [7, 11) is 1.56. The summed E-state index contributed by atoms with van der Waals surface area (Å²) >= 11 is 0. The first kappa shape index (κ1) is 19.5. The molecule has 30 heavy (non-hydrogen) atoms. The van der Waals surface area contributed by atoms with Gasteiger partial charge >= 0.3 is 0 Å². The minimum Gasteiger partial charge on any atom is -0.497 e. The number of nitrogens with one attached hydrogen (secondary N) is 1. The van der Waals surface area contributed by atoms with Crippen LogP contribution in [0.5, 0.6) is 11.5 Å². The number of ether oxygens (including phenoxy) is 2. The van der Waals surface area contributed by atoms with E-state index in [1.54, 1.807) is 61.4 Å². The Morgan fingerprint density at radius 2 is 1.87 bits per heavy atom. The molecule has 1 heterocycles. The van der Waals surface area contributed by atoms with E-state index >= 15 is 0 Å². The third kappa shape index (κ3) is 3.98. The van der Waals surface area contributed by atoms with Crippen molar-refractivity contribution in [1.29, 1.82) is 0 Å². The number of methoxy groups -OCH3 is 1. The molecule has 3 aromatic carbocycles. The fourth-order valence-electron chi connectivity index (χ4n) is 3.38. The number of carbonyl (C=O) groups is 2. The standard InChI is InChI=1S/C24H22N2O4/c1-16-24(28)26(15-17-7-4-3-5-8-17)21-12-11-19(14-22(21)30-16)25-23(27)18-9-6-10-20(13-18)29-2/h3-14,16H,15H2,1-2H3,(H,25,27). The lowest BCUT2D eigenvalue weighted by Gasteiger charge is -2.33. The van der Waals surface area contributed by atoms with Gasteiger partial charge in [0.1, 0.15) is 11.5 Å². The normalized spacial score (nSPS) is 15.2. The van der Waals surface area contributed by atoms with E-state index in [0.29, 0.717) is 35.0 Å². The Kier molecular flexibility index (Phi) is 5.39. The molecule has 1 aliphatic rings. The van der Waals surface area contributed by atoms with Crippen LogP contribution in [0.25, 0.3) is 0 Å². The zero-order valence-corrected chi connectivity index (χ0v) is 16.8. The van der Waals surface area contributed by atoms with Crippen molar-refractivity contribution in [3.05, 3.63) is 83.9 Å². The first-order chi connectivity index (χ1) is 14.5. The molecule has 0 aliphatic carbocycles. The molecule has 1 unspecified atom stereocenters. The van der Waals surface area contributed by atoms with Gasteiger partial charge in [0.25, 0.3) is 11.8 Å². The van der Waals surface area contributed by atoms with Gasteiger partial charge in [0.2, 0.25) is 0 Å². The van der Waals surface area contributed by atoms with Crippen LogP contribution in [0.3, 0.4) is 0 Å². The summed E-state index contributed by atoms with van der Waals surface area (Å²) in [4.78, 5) is 27.0. The number of amides is 2. The quantitative estimate of drug-likeness (QED) is 0.692. The predicted molar refractivity (Wildman–Crippen MR) is 115 cm³/mol. The number of rotatable bonds is 5. The second-order valence-electron chi connectivity index (χ2n) is 7.04. The summed E-state index contributed by atoms with van der Waals surface area (Å²) in [6.45, 7) is 2.18. The lowest BCUT2D eigenvalue weighted by molar-refractivity contribution is -0.125. The number of hydrogen-bond donors (Lipinski definition) is 1. The van der Waals surface area contributed by atoms with Gasteiger partial charge in [0.05, 0.1) is 19.3 Å². The monoisotopic (exact) mass is 402 g/mol. The van der Waals surface area contributed by atoms with Crippen LogP contribution >= 0.6 is 0 Å². The fourth-order valence-corrected chi connectivity index (χ4v) is 3.38. The fraction of sp³-hybridized carbons (Fsp3) is 0.167. The number of fused-ring (bicyclic) bond motifs is 1. The molecule has 6 heteroatoms. The Morgan fingerprint density at radius 3 is 2.63 bits per heavy atom. The van der Waals surface area contributed by atoms with Gasteiger partial charge in [0, 0.05) is 17.3 Å². The topological polar surface area (TPSA) is 67.9 Å². The molecule has 0 bridgehead atoms. The zero-order valence-electron chi connectivity index (χ0n) is 16.8. The summed E-state index contributed by atoms with van der Waals surface area (Å²) in [6, 6.07) is 22.0. The molecular formula is C24H22N2O4. The Morgan fingerprint density at radius 1 is 1.07 bits per heavy atom. The van der Waals surface area contributed by atoms with Crippen molar-refractivity contribution in [3.63, 3.8) is 0 Å². The van der Waals surface area contributed by atoms with Gasteiger partial charge in [-0.2, -0.15) is 0 Å². The highest BCUT2D eigenvalue weighted by Crippen LogP contribution is 2.37. The van der Waals surface area contributed by atoms with E-state index in [4.69, 9.17) is 9.47 Å². The number of anilines is 2. The number of nitrogens with zero attached hydrogens (tertiary/aromatic N) is 1. The SMILES string of the molecule is COc1cccc(C(=O)Nc2ccc3c(c2)OC(C)C(=O)N3Cc2ccccc2)c1. The molecule has 0 saturated carbocycles. The Labute approximate surface area is 175 Å². The molecular weight excluding hydrogens is 380 g/mol. The van der Waals surface area contributed by atoms with Crippen LogP contribution in [0.15, 0.2) is 72.8 Å². The first-order valence-corrected chi connectivity index (χ1v) is 9.66. The van der Waals surface area contributed by atoms with Gasteiger partial charge in [-0.25, -0.2) is 0 Å². The van der Waals surface area contributed by atoms with Crippen molar-refractivity contribution in [2.24, 2.45) is 0 Å².